The van der Waals surface area contributed by atoms with Gasteiger partial charge in [-0.25, -0.2) is 9.37 Å². The number of carbonyl (C=O) groups excluding carboxylic acids is 1. The van der Waals surface area contributed by atoms with Crippen LogP contribution in [-0.2, 0) is 22.1 Å². The van der Waals surface area contributed by atoms with E-state index in [4.69, 9.17) is 0 Å². The van der Waals surface area contributed by atoms with Crippen molar-refractivity contribution in [2.75, 3.05) is 6.61 Å². The molecule has 1 rings (SSSR count). The highest BCUT2D eigenvalue weighted by molar-refractivity contribution is 5.73. The first kappa shape index (κ1) is 18.0. The van der Waals surface area contributed by atoms with Crippen LogP contribution in [0.3, 0.4) is 0 Å². The number of alkyl halides is 6. The van der Waals surface area contributed by atoms with Gasteiger partial charge in [-0.2, -0.15) is 13.2 Å². The fourth-order valence-electron chi connectivity index (χ4n) is 1.42. The minimum absolute atomic E-state index is 0.120. The van der Waals surface area contributed by atoms with Crippen molar-refractivity contribution in [1.29, 1.82) is 0 Å². The molecule has 0 fully saturated rings. The number of pyridine rings is 1. The lowest BCUT2D eigenvalue weighted by Crippen LogP contribution is -2.22. The van der Waals surface area contributed by atoms with Crippen LogP contribution in [0.2, 0.25) is 0 Å². The van der Waals surface area contributed by atoms with E-state index in [0.717, 1.165) is 0 Å². The number of aromatic nitrogens is 1. The number of halogens is 7. The van der Waals surface area contributed by atoms with E-state index < -0.39 is 47.8 Å². The number of carbonyl (C=O) groups is 1. The van der Waals surface area contributed by atoms with Gasteiger partial charge >= 0.3 is 18.5 Å². The van der Waals surface area contributed by atoms with Gasteiger partial charge in [0.25, 0.3) is 0 Å². The molecule has 0 aliphatic carbocycles. The molecule has 0 amide bonds. The molecule has 0 radical (unpaired) electrons. The van der Waals surface area contributed by atoms with Crippen LogP contribution < -0.4 is 4.74 Å². The van der Waals surface area contributed by atoms with Gasteiger partial charge in [0.2, 0.25) is 0 Å². The fraction of sp³-hybridized carbons (Fsp3) is 0.455. The molecule has 0 atom stereocenters. The lowest BCUT2D eigenvalue weighted by Gasteiger charge is -2.16. The SMILES string of the molecule is CCOC(=O)Cc1cnc(C(F)(F)F)c(F)c1OC(F)(F)F. The summed E-state index contributed by atoms with van der Waals surface area (Å²) in [4.78, 5) is 13.9. The molecule has 124 valence electrons. The van der Waals surface area contributed by atoms with E-state index in [-0.39, 0.29) is 12.8 Å². The summed E-state index contributed by atoms with van der Waals surface area (Å²) in [5, 5.41) is 0. The van der Waals surface area contributed by atoms with Crippen LogP contribution in [-0.4, -0.2) is 23.9 Å². The summed E-state index contributed by atoms with van der Waals surface area (Å²) in [6.07, 6.45) is -11.4. The zero-order valence-corrected chi connectivity index (χ0v) is 10.8. The maximum absolute atomic E-state index is 13.6. The average Bonchev–Trinajstić information content (AvgIpc) is 2.31. The van der Waals surface area contributed by atoms with Gasteiger partial charge in [-0.15, -0.1) is 13.2 Å². The third-order valence-corrected chi connectivity index (χ3v) is 2.17. The molecule has 0 aromatic carbocycles. The van der Waals surface area contributed by atoms with Crippen molar-refractivity contribution in [3.63, 3.8) is 0 Å². The second kappa shape index (κ2) is 6.36. The molecule has 11 heteroatoms. The number of hydrogen-bond donors (Lipinski definition) is 0. The van der Waals surface area contributed by atoms with Crippen molar-refractivity contribution in [1.82, 2.24) is 4.98 Å². The predicted molar refractivity (Wildman–Crippen MR) is 56.2 cm³/mol. The summed E-state index contributed by atoms with van der Waals surface area (Å²) in [6.45, 7) is 1.28. The van der Waals surface area contributed by atoms with Crippen LogP contribution in [0, 0.1) is 5.82 Å². The van der Waals surface area contributed by atoms with Gasteiger partial charge in [-0.3, -0.25) is 4.79 Å². The maximum Gasteiger partial charge on any atom is 0.573 e. The van der Waals surface area contributed by atoms with Crippen LogP contribution >= 0.6 is 0 Å². The normalized spacial score (nSPS) is 12.2. The van der Waals surface area contributed by atoms with Crippen molar-refractivity contribution in [3.8, 4) is 5.75 Å². The topological polar surface area (TPSA) is 48.4 Å². The monoisotopic (exact) mass is 335 g/mol. The van der Waals surface area contributed by atoms with E-state index in [1.807, 2.05) is 0 Å². The highest BCUT2D eigenvalue weighted by atomic mass is 19.4. The smallest absolute Gasteiger partial charge is 0.466 e. The number of ether oxygens (including phenoxy) is 2. The van der Waals surface area contributed by atoms with E-state index in [1.165, 1.54) is 6.92 Å². The zero-order valence-electron chi connectivity index (χ0n) is 10.8. The standard InChI is InChI=1S/C11H8F7NO3/c1-2-21-6(20)3-5-4-19-9(10(13,14)15)7(12)8(5)22-11(16,17)18/h4H,2-3H2,1H3. The molecule has 1 aromatic heterocycles. The van der Waals surface area contributed by atoms with Crippen molar-refractivity contribution >= 4 is 5.97 Å². The Kier molecular flexibility index (Phi) is 5.20. The minimum Gasteiger partial charge on any atom is -0.466 e. The Morgan fingerprint density at radius 3 is 2.27 bits per heavy atom. The summed E-state index contributed by atoms with van der Waals surface area (Å²) in [7, 11) is 0. The molecule has 1 heterocycles. The minimum atomic E-state index is -5.45. The molecular formula is C11H8F7NO3. The summed E-state index contributed by atoms with van der Waals surface area (Å²) >= 11 is 0. The number of hydrogen-bond acceptors (Lipinski definition) is 4. The lowest BCUT2D eigenvalue weighted by atomic mass is 10.1. The summed E-state index contributed by atoms with van der Waals surface area (Å²) in [6, 6.07) is 0. The van der Waals surface area contributed by atoms with Crippen molar-refractivity contribution in [3.05, 3.63) is 23.3 Å². The first-order valence-corrected chi connectivity index (χ1v) is 5.61. The Morgan fingerprint density at radius 2 is 1.82 bits per heavy atom. The molecule has 0 spiro atoms. The van der Waals surface area contributed by atoms with E-state index in [0.29, 0.717) is 0 Å². The summed E-state index contributed by atoms with van der Waals surface area (Å²) in [5.41, 5.74) is -3.00. The van der Waals surface area contributed by atoms with Gasteiger partial charge in [-0.05, 0) is 6.92 Å². The molecule has 1 aromatic rings. The van der Waals surface area contributed by atoms with E-state index >= 15 is 0 Å². The highest BCUT2D eigenvalue weighted by Gasteiger charge is 2.41. The van der Waals surface area contributed by atoms with Crippen LogP contribution in [0.1, 0.15) is 18.2 Å². The van der Waals surface area contributed by atoms with Crippen molar-refractivity contribution < 1.29 is 45.0 Å². The predicted octanol–water partition coefficient (Wildman–Crippen LogP) is 3.24. The Labute approximate surface area is 118 Å². The number of rotatable bonds is 4. The molecule has 0 aliphatic rings. The molecule has 0 saturated carbocycles. The molecule has 0 unspecified atom stereocenters. The van der Waals surface area contributed by atoms with Gasteiger partial charge < -0.3 is 9.47 Å². The second-order valence-electron chi connectivity index (χ2n) is 3.80. The van der Waals surface area contributed by atoms with Crippen LogP contribution in [0.4, 0.5) is 30.7 Å². The van der Waals surface area contributed by atoms with Crippen molar-refractivity contribution in [2.45, 2.75) is 25.9 Å². The molecule has 0 aliphatic heterocycles. The van der Waals surface area contributed by atoms with E-state index in [2.05, 4.69) is 14.5 Å². The maximum atomic E-state index is 13.6. The third kappa shape index (κ3) is 4.74. The average molecular weight is 335 g/mol. The second-order valence-corrected chi connectivity index (χ2v) is 3.80. The zero-order chi connectivity index (χ0) is 17.1. The molecule has 0 saturated heterocycles. The van der Waals surface area contributed by atoms with Gasteiger partial charge in [0.15, 0.2) is 17.3 Å². The van der Waals surface area contributed by atoms with Gasteiger partial charge in [0.1, 0.15) is 0 Å². The van der Waals surface area contributed by atoms with Crippen LogP contribution in [0.25, 0.3) is 0 Å². The fourth-order valence-corrected chi connectivity index (χ4v) is 1.42. The van der Waals surface area contributed by atoms with E-state index in [9.17, 15) is 35.5 Å². The van der Waals surface area contributed by atoms with Gasteiger partial charge in [-0.1, -0.05) is 0 Å². The quantitative estimate of drug-likeness (QED) is 0.626. The molecular weight excluding hydrogens is 327 g/mol. The summed E-state index contributed by atoms with van der Waals surface area (Å²) in [5.74, 6) is -5.19. The molecule has 0 bridgehead atoms. The van der Waals surface area contributed by atoms with Crippen LogP contribution in [0.5, 0.6) is 5.75 Å². The largest absolute Gasteiger partial charge is 0.573 e. The molecule has 0 N–H and O–H groups in total. The number of esters is 1. The highest BCUT2D eigenvalue weighted by Crippen LogP contribution is 2.37. The Bertz CT molecular complexity index is 554. The van der Waals surface area contributed by atoms with Gasteiger partial charge in [0.05, 0.1) is 13.0 Å². The van der Waals surface area contributed by atoms with Crippen LogP contribution in [0.15, 0.2) is 6.20 Å². The lowest BCUT2D eigenvalue weighted by molar-refractivity contribution is -0.276. The Balaban J connectivity index is 3.32. The van der Waals surface area contributed by atoms with Gasteiger partial charge in [0, 0.05) is 11.8 Å². The van der Waals surface area contributed by atoms with Crippen molar-refractivity contribution in [2.24, 2.45) is 0 Å². The first-order chi connectivity index (χ1) is 9.95. The first-order valence-electron chi connectivity index (χ1n) is 5.61. The third-order valence-electron chi connectivity index (χ3n) is 2.17. The molecule has 4 nitrogen and oxygen atoms in total. The number of nitrogens with zero attached hydrogens (tertiary/aromatic N) is 1. The van der Waals surface area contributed by atoms with E-state index in [1.54, 1.807) is 0 Å². The molecule has 22 heavy (non-hydrogen) atoms. The summed E-state index contributed by atoms with van der Waals surface area (Å²) < 4.78 is 95.3. The Hall–Kier alpha value is -2.07. The Morgan fingerprint density at radius 1 is 1.23 bits per heavy atom.